The summed E-state index contributed by atoms with van der Waals surface area (Å²) in [6, 6.07) is 7.87. The van der Waals surface area contributed by atoms with Crippen LogP contribution in [0.25, 0.3) is 21.3 Å². The van der Waals surface area contributed by atoms with E-state index in [1.807, 2.05) is 36.6 Å². The van der Waals surface area contributed by atoms with Crippen LogP contribution in [0.15, 0.2) is 29.6 Å². The molecule has 102 valence electrons. The fraction of sp³-hybridized carbons (Fsp3) is 0.143. The molecule has 3 aromatic rings. The first-order valence-electron chi connectivity index (χ1n) is 6.02. The number of thiophene rings is 1. The van der Waals surface area contributed by atoms with E-state index in [9.17, 15) is 0 Å². The molecule has 0 aliphatic rings. The van der Waals surface area contributed by atoms with Gasteiger partial charge in [0, 0.05) is 10.9 Å². The maximum absolute atomic E-state index is 6.19. The summed E-state index contributed by atoms with van der Waals surface area (Å²) >= 11 is 13.5. The van der Waals surface area contributed by atoms with Crippen LogP contribution in [-0.4, -0.2) is 16.6 Å². The van der Waals surface area contributed by atoms with Gasteiger partial charge in [0.15, 0.2) is 0 Å². The highest BCUT2D eigenvalue weighted by Gasteiger charge is 2.13. The lowest BCUT2D eigenvalue weighted by molar-refractivity contribution is 0.340. The molecule has 2 aromatic heterocycles. The molecular weight excluding hydrogens is 315 g/mol. The summed E-state index contributed by atoms with van der Waals surface area (Å²) in [5, 5.41) is 3.40. The number of halogens is 2. The van der Waals surface area contributed by atoms with Crippen LogP contribution in [0, 0.1) is 0 Å². The van der Waals surface area contributed by atoms with Crippen molar-refractivity contribution in [2.45, 2.75) is 6.92 Å². The summed E-state index contributed by atoms with van der Waals surface area (Å²) in [4.78, 5) is 8.99. The highest BCUT2D eigenvalue weighted by atomic mass is 35.5. The molecule has 20 heavy (non-hydrogen) atoms. The third kappa shape index (κ3) is 2.46. The van der Waals surface area contributed by atoms with Gasteiger partial charge in [0.2, 0.25) is 5.28 Å². The van der Waals surface area contributed by atoms with Gasteiger partial charge in [-0.05, 0) is 36.2 Å². The van der Waals surface area contributed by atoms with Gasteiger partial charge >= 0.3 is 0 Å². The Kier molecular flexibility index (Phi) is 3.78. The molecule has 0 N–H and O–H groups in total. The van der Waals surface area contributed by atoms with Crippen molar-refractivity contribution in [3.63, 3.8) is 0 Å². The van der Waals surface area contributed by atoms with E-state index in [2.05, 4.69) is 9.97 Å². The lowest BCUT2D eigenvalue weighted by atomic mass is 10.1. The number of rotatable bonds is 3. The van der Waals surface area contributed by atoms with Gasteiger partial charge in [-0.2, -0.15) is 0 Å². The minimum absolute atomic E-state index is 0.169. The van der Waals surface area contributed by atoms with E-state index in [0.717, 1.165) is 27.1 Å². The lowest BCUT2D eigenvalue weighted by Gasteiger charge is -2.05. The molecule has 0 aliphatic heterocycles. The minimum Gasteiger partial charge on any atom is -0.494 e. The van der Waals surface area contributed by atoms with Crippen LogP contribution in [0.1, 0.15) is 6.92 Å². The van der Waals surface area contributed by atoms with Gasteiger partial charge in [0.1, 0.15) is 15.7 Å². The molecule has 0 radical (unpaired) electrons. The van der Waals surface area contributed by atoms with Crippen LogP contribution in [-0.2, 0) is 0 Å². The van der Waals surface area contributed by atoms with E-state index in [1.165, 1.54) is 11.3 Å². The van der Waals surface area contributed by atoms with E-state index in [4.69, 9.17) is 27.9 Å². The number of hydrogen-bond acceptors (Lipinski definition) is 4. The molecule has 0 saturated carbocycles. The molecule has 2 heterocycles. The van der Waals surface area contributed by atoms with Gasteiger partial charge in [-0.1, -0.05) is 23.7 Å². The van der Waals surface area contributed by atoms with Crippen LogP contribution in [0.2, 0.25) is 10.4 Å². The fourth-order valence-corrected chi connectivity index (χ4v) is 3.52. The monoisotopic (exact) mass is 324 g/mol. The van der Waals surface area contributed by atoms with Gasteiger partial charge in [-0.15, -0.1) is 11.3 Å². The molecule has 6 heteroatoms. The van der Waals surface area contributed by atoms with Gasteiger partial charge < -0.3 is 4.74 Å². The summed E-state index contributed by atoms with van der Waals surface area (Å²) in [6.07, 6.45) is 0. The molecule has 0 saturated heterocycles. The number of benzene rings is 1. The van der Waals surface area contributed by atoms with Crippen molar-refractivity contribution in [1.82, 2.24) is 9.97 Å². The van der Waals surface area contributed by atoms with Gasteiger partial charge in [0.25, 0.3) is 0 Å². The third-order valence-electron chi connectivity index (χ3n) is 2.84. The average Bonchev–Trinajstić information content (AvgIpc) is 2.84. The van der Waals surface area contributed by atoms with Crippen LogP contribution in [0.4, 0.5) is 0 Å². The second-order valence-electron chi connectivity index (χ2n) is 4.07. The molecule has 0 atom stereocenters. The van der Waals surface area contributed by atoms with E-state index >= 15 is 0 Å². The normalized spacial score (nSPS) is 10.9. The Morgan fingerprint density at radius 1 is 1.15 bits per heavy atom. The second-order valence-corrected chi connectivity index (χ2v) is 5.62. The zero-order valence-corrected chi connectivity index (χ0v) is 12.9. The van der Waals surface area contributed by atoms with E-state index in [0.29, 0.717) is 11.8 Å². The summed E-state index contributed by atoms with van der Waals surface area (Å²) in [5.41, 5.74) is 2.06. The minimum atomic E-state index is 0.169. The molecule has 0 aliphatic carbocycles. The SMILES string of the molecule is CCOc1ccc(-c2csc3nc(Cl)nc(Cl)c23)cc1. The van der Waals surface area contributed by atoms with Crippen molar-refractivity contribution in [3.8, 4) is 16.9 Å². The number of ether oxygens (including phenoxy) is 1. The smallest absolute Gasteiger partial charge is 0.225 e. The first kappa shape index (κ1) is 13.6. The summed E-state index contributed by atoms with van der Waals surface area (Å²) < 4.78 is 5.44. The van der Waals surface area contributed by atoms with Crippen LogP contribution in [0.3, 0.4) is 0 Å². The maximum atomic E-state index is 6.19. The van der Waals surface area contributed by atoms with Crippen molar-refractivity contribution < 1.29 is 4.74 Å². The molecule has 3 rings (SSSR count). The van der Waals surface area contributed by atoms with Crippen LogP contribution < -0.4 is 4.74 Å². The van der Waals surface area contributed by atoms with Gasteiger partial charge in [-0.3, -0.25) is 0 Å². The molecule has 0 spiro atoms. The van der Waals surface area contributed by atoms with Gasteiger partial charge in [0.05, 0.1) is 12.0 Å². The van der Waals surface area contributed by atoms with Crippen molar-refractivity contribution in [2.75, 3.05) is 6.61 Å². The highest BCUT2D eigenvalue weighted by molar-refractivity contribution is 7.17. The van der Waals surface area contributed by atoms with Crippen molar-refractivity contribution in [2.24, 2.45) is 0 Å². The van der Waals surface area contributed by atoms with Gasteiger partial charge in [-0.25, -0.2) is 9.97 Å². The Bertz CT molecular complexity index is 756. The van der Waals surface area contributed by atoms with E-state index < -0.39 is 0 Å². The average molecular weight is 325 g/mol. The second kappa shape index (κ2) is 5.56. The Balaban J connectivity index is 2.10. The maximum Gasteiger partial charge on any atom is 0.225 e. The quantitative estimate of drug-likeness (QED) is 0.498. The summed E-state index contributed by atoms with van der Waals surface area (Å²) in [7, 11) is 0. The zero-order chi connectivity index (χ0) is 14.1. The fourth-order valence-electron chi connectivity index (χ4n) is 1.98. The number of nitrogens with zero attached hydrogens (tertiary/aromatic N) is 2. The molecule has 0 unspecified atom stereocenters. The zero-order valence-electron chi connectivity index (χ0n) is 10.6. The highest BCUT2D eigenvalue weighted by Crippen LogP contribution is 2.37. The number of fused-ring (bicyclic) bond motifs is 1. The summed E-state index contributed by atoms with van der Waals surface area (Å²) in [5.74, 6) is 0.848. The van der Waals surface area contributed by atoms with Crippen LogP contribution in [0.5, 0.6) is 5.75 Å². The Hall–Kier alpha value is -1.36. The predicted molar refractivity (Wildman–Crippen MR) is 84.0 cm³/mol. The standard InChI is InChI=1S/C14H10Cl2N2OS/c1-2-19-9-5-3-8(4-6-9)10-7-20-13-11(10)12(15)17-14(16)18-13/h3-7H,2H2,1H3. The van der Waals surface area contributed by atoms with Crippen LogP contribution >= 0.6 is 34.5 Å². The van der Waals surface area contributed by atoms with Crippen molar-refractivity contribution >= 4 is 44.8 Å². The largest absolute Gasteiger partial charge is 0.494 e. The van der Waals surface area contributed by atoms with Crippen molar-refractivity contribution in [1.29, 1.82) is 0 Å². The molecule has 0 amide bonds. The molecule has 3 nitrogen and oxygen atoms in total. The molecular formula is C14H10Cl2N2OS. The number of aromatic nitrogens is 2. The molecule has 0 fully saturated rings. The Labute approximate surface area is 130 Å². The van der Waals surface area contributed by atoms with E-state index in [1.54, 1.807) is 0 Å². The Morgan fingerprint density at radius 3 is 2.60 bits per heavy atom. The topological polar surface area (TPSA) is 35.0 Å². The molecule has 1 aromatic carbocycles. The van der Waals surface area contributed by atoms with E-state index in [-0.39, 0.29) is 5.28 Å². The predicted octanol–water partition coefficient (Wildman–Crippen LogP) is 5.06. The van der Waals surface area contributed by atoms with Crippen molar-refractivity contribution in [3.05, 3.63) is 40.1 Å². The first-order chi connectivity index (χ1) is 9.69. The third-order valence-corrected chi connectivity index (χ3v) is 4.15. The Morgan fingerprint density at radius 2 is 1.90 bits per heavy atom. The lowest BCUT2D eigenvalue weighted by Crippen LogP contribution is -1.90. The summed E-state index contributed by atoms with van der Waals surface area (Å²) in [6.45, 7) is 2.61. The molecule has 0 bridgehead atoms. The number of hydrogen-bond donors (Lipinski definition) is 0. The first-order valence-corrected chi connectivity index (χ1v) is 7.66.